The second kappa shape index (κ2) is 5.97. The van der Waals surface area contributed by atoms with Gasteiger partial charge in [0.05, 0.1) is 5.25 Å². The number of aromatic nitrogens is 2. The van der Waals surface area contributed by atoms with Gasteiger partial charge in [-0.15, -0.1) is 11.8 Å². The first-order chi connectivity index (χ1) is 9.30. The first kappa shape index (κ1) is 15.7. The number of thioether (sulfide) groups is 2. The smallest absolute Gasteiger partial charge is 0.339 e. The summed E-state index contributed by atoms with van der Waals surface area (Å²) in [6.07, 6.45) is -4.89. The summed E-state index contributed by atoms with van der Waals surface area (Å²) in [5.74, 6) is -1.28. The van der Waals surface area contributed by atoms with E-state index in [9.17, 15) is 18.0 Å². The van der Waals surface area contributed by atoms with Gasteiger partial charge >= 0.3 is 6.18 Å². The fourth-order valence-corrected chi connectivity index (χ4v) is 4.49. The molecule has 2 rings (SSSR count). The van der Waals surface area contributed by atoms with E-state index in [1.165, 1.54) is 0 Å². The predicted octanol–water partition coefficient (Wildman–Crippen LogP) is 3.21. The molecule has 0 bridgehead atoms. The van der Waals surface area contributed by atoms with Gasteiger partial charge in [0.1, 0.15) is 5.92 Å². The van der Waals surface area contributed by atoms with Gasteiger partial charge in [-0.1, -0.05) is 12.1 Å². The van der Waals surface area contributed by atoms with Gasteiger partial charge in [0.15, 0.2) is 5.82 Å². The molecule has 0 aromatic carbocycles. The lowest BCUT2D eigenvalue weighted by atomic mass is 10.1. The van der Waals surface area contributed by atoms with E-state index in [-0.39, 0.29) is 16.4 Å². The Morgan fingerprint density at radius 3 is 2.65 bits per heavy atom. The standard InChI is InChI=1S/C11H13F3N2O2S2/c1-5(8(17)11(12,13)14)10-15-9(16-18-10)7-6(2)19-3-4-20-7/h5-7H,3-4H2,1-2H3. The highest BCUT2D eigenvalue weighted by molar-refractivity contribution is 8.06. The minimum Gasteiger partial charge on any atom is -0.339 e. The molecule has 1 saturated heterocycles. The van der Waals surface area contributed by atoms with Crippen LogP contribution in [0.2, 0.25) is 0 Å². The van der Waals surface area contributed by atoms with E-state index >= 15 is 0 Å². The van der Waals surface area contributed by atoms with Crippen molar-refractivity contribution in [2.75, 3.05) is 11.5 Å². The predicted molar refractivity (Wildman–Crippen MR) is 70.9 cm³/mol. The Hall–Kier alpha value is -0.700. The largest absolute Gasteiger partial charge is 0.450 e. The number of hydrogen-bond acceptors (Lipinski definition) is 6. The molecular formula is C11H13F3N2O2S2. The maximum absolute atomic E-state index is 12.4. The van der Waals surface area contributed by atoms with Crippen LogP contribution in [0.5, 0.6) is 0 Å². The van der Waals surface area contributed by atoms with Crippen molar-refractivity contribution in [3.05, 3.63) is 11.7 Å². The van der Waals surface area contributed by atoms with Gasteiger partial charge in [-0.2, -0.15) is 29.9 Å². The summed E-state index contributed by atoms with van der Waals surface area (Å²) in [7, 11) is 0. The first-order valence-corrected chi connectivity index (χ1v) is 8.08. The Kier molecular flexibility index (Phi) is 4.68. The Labute approximate surface area is 122 Å². The van der Waals surface area contributed by atoms with E-state index in [0.717, 1.165) is 18.4 Å². The summed E-state index contributed by atoms with van der Waals surface area (Å²) in [6, 6.07) is 0. The summed E-state index contributed by atoms with van der Waals surface area (Å²) in [6.45, 7) is 3.14. The average molecular weight is 326 g/mol. The van der Waals surface area contributed by atoms with Crippen molar-refractivity contribution in [2.45, 2.75) is 36.4 Å². The number of halogens is 3. The summed E-state index contributed by atoms with van der Waals surface area (Å²) >= 11 is 3.41. The Bertz CT molecular complexity index is 492. The van der Waals surface area contributed by atoms with Crippen molar-refractivity contribution in [3.8, 4) is 0 Å². The lowest BCUT2D eigenvalue weighted by molar-refractivity contribution is -0.172. The van der Waals surface area contributed by atoms with E-state index < -0.39 is 17.9 Å². The molecule has 9 heteroatoms. The molecule has 0 spiro atoms. The SMILES string of the molecule is CC(C(=O)C(F)(F)F)c1nc(C2SCCSC2C)no1. The van der Waals surface area contributed by atoms with Crippen molar-refractivity contribution in [3.63, 3.8) is 0 Å². The number of nitrogens with zero attached hydrogens (tertiary/aromatic N) is 2. The van der Waals surface area contributed by atoms with Gasteiger partial charge < -0.3 is 4.52 Å². The molecule has 0 radical (unpaired) electrons. The number of rotatable bonds is 3. The Morgan fingerprint density at radius 2 is 2.05 bits per heavy atom. The van der Waals surface area contributed by atoms with Crippen molar-refractivity contribution in [2.24, 2.45) is 0 Å². The highest BCUT2D eigenvalue weighted by Gasteiger charge is 2.44. The molecule has 0 N–H and O–H groups in total. The second-order valence-corrected chi connectivity index (χ2v) is 7.18. The van der Waals surface area contributed by atoms with Crippen molar-refractivity contribution < 1.29 is 22.5 Å². The number of ketones is 1. The van der Waals surface area contributed by atoms with E-state index in [0.29, 0.717) is 5.82 Å². The normalized spacial score (nSPS) is 25.4. The van der Waals surface area contributed by atoms with Crippen LogP contribution in [0.3, 0.4) is 0 Å². The monoisotopic (exact) mass is 326 g/mol. The van der Waals surface area contributed by atoms with E-state index in [2.05, 4.69) is 10.1 Å². The Morgan fingerprint density at radius 1 is 1.40 bits per heavy atom. The van der Waals surface area contributed by atoms with Crippen LogP contribution in [0.4, 0.5) is 13.2 Å². The van der Waals surface area contributed by atoms with E-state index in [1.54, 1.807) is 23.5 Å². The molecule has 1 aliphatic rings. The molecule has 0 amide bonds. The van der Waals surface area contributed by atoms with E-state index in [4.69, 9.17) is 4.52 Å². The van der Waals surface area contributed by atoms with Gasteiger partial charge in [0.25, 0.3) is 0 Å². The molecule has 0 aliphatic carbocycles. The average Bonchev–Trinajstić information content (AvgIpc) is 2.86. The fourth-order valence-electron chi connectivity index (χ4n) is 1.81. The molecule has 112 valence electrons. The van der Waals surface area contributed by atoms with E-state index in [1.807, 2.05) is 6.92 Å². The molecule has 4 nitrogen and oxygen atoms in total. The third-order valence-electron chi connectivity index (χ3n) is 2.94. The number of carbonyl (C=O) groups is 1. The van der Waals surface area contributed by atoms with Crippen LogP contribution in [-0.2, 0) is 4.79 Å². The molecule has 3 unspecified atom stereocenters. The van der Waals surface area contributed by atoms with Crippen molar-refractivity contribution >= 4 is 29.3 Å². The molecular weight excluding hydrogens is 313 g/mol. The Balaban J connectivity index is 2.14. The van der Waals surface area contributed by atoms with Crippen LogP contribution in [0.15, 0.2) is 4.52 Å². The van der Waals surface area contributed by atoms with Gasteiger partial charge in [0, 0.05) is 16.8 Å². The van der Waals surface area contributed by atoms with Crippen LogP contribution in [-0.4, -0.2) is 38.9 Å². The maximum Gasteiger partial charge on any atom is 0.450 e. The molecule has 1 fully saturated rings. The van der Waals surface area contributed by atoms with Crippen LogP contribution in [0.1, 0.15) is 36.7 Å². The van der Waals surface area contributed by atoms with Crippen LogP contribution >= 0.6 is 23.5 Å². The van der Waals surface area contributed by atoms with Crippen LogP contribution in [0, 0.1) is 0 Å². The third kappa shape index (κ3) is 3.30. The zero-order chi connectivity index (χ0) is 14.9. The first-order valence-electron chi connectivity index (χ1n) is 5.98. The van der Waals surface area contributed by atoms with Crippen molar-refractivity contribution in [1.82, 2.24) is 10.1 Å². The third-order valence-corrected chi connectivity index (χ3v) is 6.03. The summed E-state index contributed by atoms with van der Waals surface area (Å²) < 4.78 is 41.9. The maximum atomic E-state index is 12.4. The summed E-state index contributed by atoms with van der Waals surface area (Å²) in [5.41, 5.74) is 0. The van der Waals surface area contributed by atoms with Crippen LogP contribution in [0.25, 0.3) is 0 Å². The molecule has 20 heavy (non-hydrogen) atoms. The second-order valence-electron chi connectivity index (χ2n) is 4.44. The molecule has 0 saturated carbocycles. The minimum atomic E-state index is -4.89. The number of Topliss-reactive ketones (excluding diaryl/α,β-unsaturated/α-hetero) is 1. The highest BCUT2D eigenvalue weighted by Crippen LogP contribution is 2.41. The zero-order valence-corrected chi connectivity index (χ0v) is 12.4. The van der Waals surface area contributed by atoms with Gasteiger partial charge in [0.2, 0.25) is 11.7 Å². The van der Waals surface area contributed by atoms with Crippen molar-refractivity contribution in [1.29, 1.82) is 0 Å². The molecule has 2 heterocycles. The van der Waals surface area contributed by atoms with Gasteiger partial charge in [-0.05, 0) is 6.92 Å². The number of carbonyl (C=O) groups excluding carboxylic acids is 1. The van der Waals surface area contributed by atoms with Gasteiger partial charge in [-0.25, -0.2) is 0 Å². The highest BCUT2D eigenvalue weighted by atomic mass is 32.2. The fraction of sp³-hybridized carbons (Fsp3) is 0.727. The number of hydrogen-bond donors (Lipinski definition) is 0. The minimum absolute atomic E-state index is 0.0144. The quantitative estimate of drug-likeness (QED) is 0.850. The molecule has 3 atom stereocenters. The van der Waals surface area contributed by atoms with Crippen LogP contribution < -0.4 is 0 Å². The lowest BCUT2D eigenvalue weighted by Gasteiger charge is -2.24. The topological polar surface area (TPSA) is 56.0 Å². The number of alkyl halides is 3. The van der Waals surface area contributed by atoms with Gasteiger partial charge in [-0.3, -0.25) is 4.79 Å². The molecule has 1 aromatic heterocycles. The molecule has 1 aliphatic heterocycles. The summed E-state index contributed by atoms with van der Waals surface area (Å²) in [4.78, 5) is 15.1. The lowest BCUT2D eigenvalue weighted by Crippen LogP contribution is -2.27. The summed E-state index contributed by atoms with van der Waals surface area (Å²) in [5, 5.41) is 3.98. The zero-order valence-electron chi connectivity index (χ0n) is 10.8. The molecule has 1 aromatic rings.